The number of carbonyl (C=O) groups is 1. The van der Waals surface area contributed by atoms with E-state index in [1.807, 2.05) is 23.6 Å². The van der Waals surface area contributed by atoms with Gasteiger partial charge in [0.2, 0.25) is 5.88 Å². The molecule has 1 aliphatic heterocycles. The smallest absolute Gasteiger partial charge is 0.335 e. The van der Waals surface area contributed by atoms with Gasteiger partial charge in [0.1, 0.15) is 24.1 Å². The Kier molecular flexibility index (Phi) is 8.41. The van der Waals surface area contributed by atoms with Gasteiger partial charge in [0.05, 0.1) is 40.5 Å². The van der Waals surface area contributed by atoms with Gasteiger partial charge >= 0.3 is 5.97 Å². The lowest BCUT2D eigenvalue weighted by atomic mass is 9.92. The van der Waals surface area contributed by atoms with E-state index in [1.54, 1.807) is 31.4 Å². The van der Waals surface area contributed by atoms with Crippen LogP contribution in [0.3, 0.4) is 0 Å². The summed E-state index contributed by atoms with van der Waals surface area (Å²) in [5, 5.41) is 18.4. The van der Waals surface area contributed by atoms with Crippen LogP contribution in [0.2, 0.25) is 0 Å². The molecule has 214 valence electrons. The normalized spacial score (nSPS) is 14.8. The van der Waals surface area contributed by atoms with E-state index in [-0.39, 0.29) is 35.1 Å². The first kappa shape index (κ1) is 28.6. The maximum atomic E-state index is 15.5. The van der Waals surface area contributed by atoms with Crippen molar-refractivity contribution in [2.24, 2.45) is 10.9 Å². The van der Waals surface area contributed by atoms with Crippen LogP contribution in [-0.2, 0) is 29.0 Å². The van der Waals surface area contributed by atoms with Crippen LogP contribution >= 0.6 is 0 Å². The summed E-state index contributed by atoms with van der Waals surface area (Å²) in [6, 6.07) is 15.8. The number of methoxy groups -OCH3 is 1. The average molecular weight is 571 g/mol. The number of rotatable bonds is 10. The fourth-order valence-corrected chi connectivity index (χ4v) is 4.90. The third kappa shape index (κ3) is 6.06. The predicted molar refractivity (Wildman–Crippen MR) is 152 cm³/mol. The Labute approximate surface area is 241 Å². The molecule has 1 atom stereocenters. The molecule has 0 amide bonds. The number of hydrogen-bond donors (Lipinski definition) is 1. The van der Waals surface area contributed by atoms with Crippen molar-refractivity contribution in [2.75, 3.05) is 13.7 Å². The van der Waals surface area contributed by atoms with E-state index < -0.39 is 17.6 Å². The minimum atomic E-state index is -1.03. The van der Waals surface area contributed by atoms with E-state index in [9.17, 15) is 14.3 Å². The quantitative estimate of drug-likeness (QED) is 0.250. The fourth-order valence-electron chi connectivity index (χ4n) is 4.90. The number of allylic oxidation sites excluding steroid dienone is 1. The molecule has 42 heavy (non-hydrogen) atoms. The SMILES string of the molecule is COCCn1c(Cc2ccc(C3=NC(OCc4ccc(C#N)cc4F)=CCC3C)c(F)c2)nc2ccc(C(=O)O)cc21. The highest BCUT2D eigenvalue weighted by Crippen LogP contribution is 2.27. The molecule has 0 fully saturated rings. The van der Waals surface area contributed by atoms with Gasteiger partial charge in [-0.05, 0) is 60.5 Å². The lowest BCUT2D eigenvalue weighted by Crippen LogP contribution is -2.18. The zero-order valence-electron chi connectivity index (χ0n) is 23.1. The van der Waals surface area contributed by atoms with Crippen LogP contribution in [-0.4, -0.2) is 40.1 Å². The number of aromatic carboxylic acids is 1. The van der Waals surface area contributed by atoms with Gasteiger partial charge in [0, 0.05) is 37.1 Å². The van der Waals surface area contributed by atoms with E-state index in [0.29, 0.717) is 59.7 Å². The summed E-state index contributed by atoms with van der Waals surface area (Å²) in [5.41, 5.74) is 3.56. The Hall–Kier alpha value is -4.88. The number of imidazole rings is 1. The molecule has 1 unspecified atom stereocenters. The zero-order valence-corrected chi connectivity index (χ0v) is 23.1. The van der Waals surface area contributed by atoms with Crippen molar-refractivity contribution in [2.45, 2.75) is 32.9 Å². The molecule has 5 rings (SSSR count). The molecule has 1 aromatic heterocycles. The van der Waals surface area contributed by atoms with Gasteiger partial charge in [-0.1, -0.05) is 19.1 Å². The standard InChI is InChI=1S/C32H28F2N4O4/c1-19-3-10-30(42-18-23-6-4-21(17-35)14-25(23)33)37-31(19)24-8-5-20(13-26(24)34)15-29-36-27-9-7-22(32(39)40)16-28(27)38(29)11-12-41-2/h4-10,13-14,16,19H,3,11-12,15,18H2,1-2H3,(H,39,40). The highest BCUT2D eigenvalue weighted by molar-refractivity contribution is 6.03. The largest absolute Gasteiger partial charge is 0.478 e. The van der Waals surface area contributed by atoms with Crippen molar-refractivity contribution in [3.63, 3.8) is 0 Å². The van der Waals surface area contributed by atoms with Crippen molar-refractivity contribution < 1.29 is 28.2 Å². The number of ether oxygens (including phenoxy) is 2. The Morgan fingerprint density at radius 1 is 1.14 bits per heavy atom. The average Bonchev–Trinajstić information content (AvgIpc) is 3.32. The summed E-state index contributed by atoms with van der Waals surface area (Å²) in [7, 11) is 1.58. The molecule has 0 spiro atoms. The molecular formula is C32H28F2N4O4. The van der Waals surface area contributed by atoms with E-state index in [2.05, 4.69) is 9.98 Å². The maximum absolute atomic E-state index is 15.5. The molecule has 0 bridgehead atoms. The van der Waals surface area contributed by atoms with Crippen molar-refractivity contribution in [3.05, 3.63) is 112 Å². The molecule has 10 heteroatoms. The number of benzene rings is 3. The molecule has 3 aromatic carbocycles. The minimum absolute atomic E-state index is 0.0639. The lowest BCUT2D eigenvalue weighted by molar-refractivity contribution is 0.0697. The van der Waals surface area contributed by atoms with E-state index in [0.717, 1.165) is 6.07 Å². The van der Waals surface area contributed by atoms with Crippen LogP contribution in [0.1, 0.15) is 51.8 Å². The van der Waals surface area contributed by atoms with E-state index in [4.69, 9.17) is 14.7 Å². The Bertz CT molecular complexity index is 1770. The van der Waals surface area contributed by atoms with Crippen molar-refractivity contribution in [3.8, 4) is 6.07 Å². The summed E-state index contributed by atoms with van der Waals surface area (Å²) in [6.07, 6.45) is 2.69. The van der Waals surface area contributed by atoms with Crippen LogP contribution in [0.25, 0.3) is 11.0 Å². The zero-order chi connectivity index (χ0) is 29.8. The molecular weight excluding hydrogens is 542 g/mol. The number of halogens is 2. The molecule has 1 aliphatic rings. The fraction of sp³-hybridized carbons (Fsp3) is 0.250. The second-order valence-corrected chi connectivity index (χ2v) is 10.1. The molecule has 0 saturated carbocycles. The van der Waals surface area contributed by atoms with Crippen LogP contribution in [0, 0.1) is 28.9 Å². The van der Waals surface area contributed by atoms with Crippen molar-refractivity contribution >= 4 is 22.7 Å². The first-order valence-corrected chi connectivity index (χ1v) is 13.4. The van der Waals surface area contributed by atoms with Gasteiger partial charge in [-0.3, -0.25) is 0 Å². The molecule has 8 nitrogen and oxygen atoms in total. The molecule has 1 N–H and O–H groups in total. The highest BCUT2D eigenvalue weighted by atomic mass is 19.1. The Balaban J connectivity index is 1.37. The number of nitriles is 1. The highest BCUT2D eigenvalue weighted by Gasteiger charge is 2.22. The Morgan fingerprint density at radius 2 is 1.98 bits per heavy atom. The van der Waals surface area contributed by atoms with Gasteiger partial charge < -0.3 is 19.1 Å². The number of hydrogen-bond acceptors (Lipinski definition) is 6. The summed E-state index contributed by atoms with van der Waals surface area (Å²) < 4.78 is 42.7. The van der Waals surface area contributed by atoms with Gasteiger partial charge in [0.25, 0.3) is 0 Å². The van der Waals surface area contributed by atoms with Crippen LogP contribution in [0.4, 0.5) is 8.78 Å². The third-order valence-corrected chi connectivity index (χ3v) is 7.17. The first-order valence-electron chi connectivity index (χ1n) is 13.4. The Morgan fingerprint density at radius 3 is 2.69 bits per heavy atom. The first-order chi connectivity index (χ1) is 20.3. The van der Waals surface area contributed by atoms with Gasteiger partial charge in [-0.2, -0.15) is 5.26 Å². The number of carboxylic acid groups (broad SMARTS) is 1. The number of aromatic nitrogens is 2. The van der Waals surface area contributed by atoms with Crippen molar-refractivity contribution in [1.82, 2.24) is 9.55 Å². The number of aliphatic imine (C=N–C) groups is 1. The summed E-state index contributed by atoms with van der Waals surface area (Å²) >= 11 is 0. The summed E-state index contributed by atoms with van der Waals surface area (Å²) in [5.74, 6) is -1.13. The molecule has 2 heterocycles. The number of nitrogens with zero attached hydrogens (tertiary/aromatic N) is 4. The monoisotopic (exact) mass is 570 g/mol. The van der Waals surface area contributed by atoms with Crippen LogP contribution < -0.4 is 0 Å². The summed E-state index contributed by atoms with van der Waals surface area (Å²) in [4.78, 5) is 20.7. The van der Waals surface area contributed by atoms with Gasteiger partial charge in [-0.15, -0.1) is 0 Å². The van der Waals surface area contributed by atoms with Gasteiger partial charge in [0.15, 0.2) is 0 Å². The third-order valence-electron chi connectivity index (χ3n) is 7.17. The minimum Gasteiger partial charge on any atom is -0.478 e. The van der Waals surface area contributed by atoms with Gasteiger partial charge in [-0.25, -0.2) is 23.6 Å². The van der Waals surface area contributed by atoms with Crippen LogP contribution in [0.5, 0.6) is 0 Å². The number of carboxylic acids is 1. The lowest BCUT2D eigenvalue weighted by Gasteiger charge is -2.20. The predicted octanol–water partition coefficient (Wildman–Crippen LogP) is 6.01. The summed E-state index contributed by atoms with van der Waals surface area (Å²) in [6.45, 7) is 2.73. The van der Waals surface area contributed by atoms with E-state index >= 15 is 4.39 Å². The topological polar surface area (TPSA) is 110 Å². The van der Waals surface area contributed by atoms with Crippen LogP contribution in [0.15, 0.2) is 71.5 Å². The maximum Gasteiger partial charge on any atom is 0.335 e. The second kappa shape index (κ2) is 12.3. The molecule has 4 aromatic rings. The molecule has 0 saturated heterocycles. The van der Waals surface area contributed by atoms with E-state index in [1.165, 1.54) is 24.3 Å². The molecule has 0 aliphatic carbocycles. The molecule has 0 radical (unpaired) electrons. The van der Waals surface area contributed by atoms with Crippen molar-refractivity contribution in [1.29, 1.82) is 5.26 Å². The second-order valence-electron chi connectivity index (χ2n) is 10.1. The number of fused-ring (bicyclic) bond motifs is 1.